The lowest BCUT2D eigenvalue weighted by Gasteiger charge is -2.18. The topological polar surface area (TPSA) is 143 Å². The Balaban J connectivity index is 0.000000321. The fourth-order valence-electron chi connectivity index (χ4n) is 5.23. The number of fused-ring (bicyclic) bond motifs is 2. The van der Waals surface area contributed by atoms with E-state index in [2.05, 4.69) is 9.47 Å². The average Bonchev–Trinajstić information content (AvgIpc) is 3.42. The molecule has 0 aromatic rings. The Morgan fingerprint density at radius 3 is 1.79 bits per heavy atom. The molecule has 0 saturated heterocycles. The molecule has 0 spiro atoms. The maximum atomic E-state index is 14.1. The van der Waals surface area contributed by atoms with Gasteiger partial charge in [-0.25, -0.2) is 18.4 Å². The fraction of sp³-hybridized carbons (Fsp3) is 0.773. The van der Waals surface area contributed by atoms with Crippen molar-refractivity contribution >= 4 is 29.7 Å². The van der Waals surface area contributed by atoms with Gasteiger partial charge >= 0.3 is 23.9 Å². The second-order valence-electron chi connectivity index (χ2n) is 8.34. The first kappa shape index (κ1) is 29.4. The summed E-state index contributed by atoms with van der Waals surface area (Å²) in [7, 11) is 2.15. The number of methoxy groups -OCH3 is 2. The van der Waals surface area contributed by atoms with Crippen molar-refractivity contribution in [2.75, 3.05) is 14.2 Å². The van der Waals surface area contributed by atoms with Gasteiger partial charge in [0.25, 0.3) is 0 Å². The quantitative estimate of drug-likeness (QED) is 0.446. The van der Waals surface area contributed by atoms with Crippen molar-refractivity contribution in [1.82, 2.24) is 0 Å². The smallest absolute Gasteiger partial charge is 0.344 e. The first-order valence-corrected chi connectivity index (χ1v) is 9.95. The molecule has 194 valence electrons. The zero-order chi connectivity index (χ0) is 24.2. The number of rotatable bonds is 4. The van der Waals surface area contributed by atoms with E-state index >= 15 is 0 Å². The molecule has 4 aliphatic carbocycles. The van der Waals surface area contributed by atoms with Gasteiger partial charge in [0.1, 0.15) is 18.0 Å². The van der Waals surface area contributed by atoms with Gasteiger partial charge in [-0.3, -0.25) is 14.4 Å². The average molecular weight is 494 g/mol. The van der Waals surface area contributed by atoms with E-state index in [1.807, 2.05) is 0 Å². The van der Waals surface area contributed by atoms with E-state index in [4.69, 9.17) is 9.47 Å². The SMILES string of the molecule is C.C.COC(=O)[C@]1(F)[C@@H]2[C@H]1C(=O)C[C@H]2OC(C)=O.COC(=O)[C@]1(F)[C@@H]2[C@H]1[C@@H](O)C[C@H]2OC(C)=O. The minimum Gasteiger partial charge on any atom is -0.467 e. The summed E-state index contributed by atoms with van der Waals surface area (Å²) < 4.78 is 46.6. The normalized spacial score (nSPS) is 40.0. The van der Waals surface area contributed by atoms with Crippen LogP contribution in [0, 0.1) is 23.7 Å². The molecular formula is C22H32F2O10. The second kappa shape index (κ2) is 9.93. The summed E-state index contributed by atoms with van der Waals surface area (Å²) in [6.07, 6.45) is -2.37. The molecule has 12 heteroatoms. The Morgan fingerprint density at radius 1 is 0.853 bits per heavy atom. The number of aliphatic hydroxyl groups excluding tert-OH is 1. The van der Waals surface area contributed by atoms with Crippen LogP contribution in [-0.4, -0.2) is 78.6 Å². The van der Waals surface area contributed by atoms with Crippen LogP contribution in [0.3, 0.4) is 0 Å². The number of hydrogen-bond donors (Lipinski definition) is 1. The number of alkyl halides is 2. The summed E-state index contributed by atoms with van der Waals surface area (Å²) in [5, 5.41) is 9.56. The lowest BCUT2D eigenvalue weighted by atomic mass is 10.1. The van der Waals surface area contributed by atoms with Gasteiger partial charge in [0, 0.05) is 32.6 Å². The molecule has 0 aliphatic heterocycles. The highest BCUT2D eigenvalue weighted by Crippen LogP contribution is 2.64. The van der Waals surface area contributed by atoms with Crippen LogP contribution in [-0.2, 0) is 42.9 Å². The van der Waals surface area contributed by atoms with Crippen LogP contribution in [0.1, 0.15) is 41.5 Å². The van der Waals surface area contributed by atoms with Crippen molar-refractivity contribution in [2.45, 2.75) is 71.2 Å². The molecule has 10 nitrogen and oxygen atoms in total. The van der Waals surface area contributed by atoms with E-state index in [9.17, 15) is 37.9 Å². The van der Waals surface area contributed by atoms with E-state index < -0.39 is 77.2 Å². The van der Waals surface area contributed by atoms with Crippen molar-refractivity contribution in [3.8, 4) is 0 Å². The molecule has 1 N–H and O–H groups in total. The molecule has 0 amide bonds. The summed E-state index contributed by atoms with van der Waals surface area (Å²) in [5.41, 5.74) is -4.48. The number of aliphatic hydroxyl groups is 1. The van der Waals surface area contributed by atoms with Gasteiger partial charge in [-0.2, -0.15) is 0 Å². The third kappa shape index (κ3) is 4.39. The highest BCUT2D eigenvalue weighted by molar-refractivity contribution is 6.01. The number of hydrogen-bond acceptors (Lipinski definition) is 10. The van der Waals surface area contributed by atoms with Crippen LogP contribution in [0.25, 0.3) is 0 Å². The van der Waals surface area contributed by atoms with E-state index in [0.29, 0.717) is 0 Å². The van der Waals surface area contributed by atoms with E-state index in [1.54, 1.807) is 0 Å². The number of halogens is 2. The van der Waals surface area contributed by atoms with Crippen LogP contribution in [0.5, 0.6) is 0 Å². The van der Waals surface area contributed by atoms with E-state index in [1.165, 1.54) is 13.8 Å². The predicted octanol–water partition coefficient (Wildman–Crippen LogP) is 1.10. The Kier molecular flexibility index (Phi) is 8.58. The first-order chi connectivity index (χ1) is 14.8. The van der Waals surface area contributed by atoms with Gasteiger partial charge in [0.2, 0.25) is 11.3 Å². The monoisotopic (exact) mass is 494 g/mol. The largest absolute Gasteiger partial charge is 0.467 e. The molecule has 0 radical (unpaired) electrons. The molecule has 0 bridgehead atoms. The van der Waals surface area contributed by atoms with Crippen molar-refractivity contribution in [3.63, 3.8) is 0 Å². The van der Waals surface area contributed by atoms with Crippen LogP contribution in [0.2, 0.25) is 0 Å². The summed E-state index contributed by atoms with van der Waals surface area (Å²) in [5.74, 6) is -7.01. The highest BCUT2D eigenvalue weighted by Gasteiger charge is 2.82. The minimum absolute atomic E-state index is 0. The number of esters is 4. The molecule has 34 heavy (non-hydrogen) atoms. The Hall–Kier alpha value is -2.63. The van der Waals surface area contributed by atoms with Crippen molar-refractivity contribution in [2.24, 2.45) is 23.7 Å². The summed E-state index contributed by atoms with van der Waals surface area (Å²) >= 11 is 0. The molecule has 0 unspecified atom stereocenters. The molecule has 9 atom stereocenters. The van der Waals surface area contributed by atoms with Gasteiger partial charge in [0.05, 0.1) is 38.1 Å². The van der Waals surface area contributed by atoms with E-state index in [0.717, 1.165) is 14.2 Å². The number of Topliss-reactive ketones (excluding diaryl/α,β-unsaturated/α-hetero) is 1. The number of ether oxygens (including phenoxy) is 4. The molecule has 0 aromatic heterocycles. The third-order valence-corrected chi connectivity index (χ3v) is 6.51. The maximum Gasteiger partial charge on any atom is 0.344 e. The van der Waals surface area contributed by atoms with Gasteiger partial charge < -0.3 is 24.1 Å². The molecule has 4 rings (SSSR count). The van der Waals surface area contributed by atoms with Crippen molar-refractivity contribution in [1.29, 1.82) is 0 Å². The van der Waals surface area contributed by atoms with E-state index in [-0.39, 0.29) is 33.5 Å². The van der Waals surface area contributed by atoms with Crippen molar-refractivity contribution in [3.05, 3.63) is 0 Å². The number of carbonyl (C=O) groups excluding carboxylic acids is 5. The molecular weight excluding hydrogens is 462 g/mol. The summed E-state index contributed by atoms with van der Waals surface area (Å²) in [6, 6.07) is 0. The van der Waals surface area contributed by atoms with Gasteiger partial charge in [0.15, 0.2) is 0 Å². The Labute approximate surface area is 196 Å². The molecule has 4 saturated carbocycles. The summed E-state index contributed by atoms with van der Waals surface area (Å²) in [6.45, 7) is 2.39. The molecule has 0 aromatic carbocycles. The Bertz CT molecular complexity index is 863. The summed E-state index contributed by atoms with van der Waals surface area (Å²) in [4.78, 5) is 55.4. The highest BCUT2D eigenvalue weighted by atomic mass is 19.2. The Morgan fingerprint density at radius 2 is 1.32 bits per heavy atom. The number of ketones is 1. The van der Waals surface area contributed by atoms with Gasteiger partial charge in [-0.05, 0) is 0 Å². The van der Waals surface area contributed by atoms with Crippen LogP contribution in [0.15, 0.2) is 0 Å². The zero-order valence-corrected chi connectivity index (χ0v) is 17.8. The van der Waals surface area contributed by atoms with Crippen LogP contribution in [0.4, 0.5) is 8.78 Å². The first-order valence-electron chi connectivity index (χ1n) is 9.95. The van der Waals surface area contributed by atoms with Crippen molar-refractivity contribution < 1.29 is 56.8 Å². The van der Waals surface area contributed by atoms with Gasteiger partial charge in [-0.1, -0.05) is 14.9 Å². The van der Waals surface area contributed by atoms with Crippen LogP contribution < -0.4 is 0 Å². The van der Waals surface area contributed by atoms with Crippen LogP contribution >= 0.6 is 0 Å². The number of carbonyl (C=O) groups is 5. The fourth-order valence-corrected chi connectivity index (χ4v) is 5.23. The molecule has 4 fully saturated rings. The van der Waals surface area contributed by atoms with Gasteiger partial charge in [-0.15, -0.1) is 0 Å². The lowest BCUT2D eigenvalue weighted by Crippen LogP contribution is -2.34. The standard InChI is InChI=1S/C10H13FO5.C10H11FO5.2CH4/c2*1-4(12)16-6-3-5(13)7-8(6)10(7,11)9(14)15-2;;/h5-8,13H,3H2,1-2H3;6-8H,3H2,1-2H3;2*1H4/t5-,6+,7+,8-,10+;6-,7-,8+,10-;;/m01../s1. The predicted molar refractivity (Wildman–Crippen MR) is 110 cm³/mol. The molecule has 0 heterocycles. The second-order valence-corrected chi connectivity index (χ2v) is 8.34. The zero-order valence-electron chi connectivity index (χ0n) is 17.8. The molecule has 4 aliphatic rings. The lowest BCUT2D eigenvalue weighted by molar-refractivity contribution is -0.157. The third-order valence-electron chi connectivity index (χ3n) is 6.51. The minimum atomic E-state index is -2.29. The maximum absolute atomic E-state index is 14.1.